The van der Waals surface area contributed by atoms with E-state index in [1.807, 2.05) is 6.92 Å². The number of fused-ring (bicyclic) bond motifs is 1. The highest BCUT2D eigenvalue weighted by Crippen LogP contribution is 2.31. The van der Waals surface area contributed by atoms with Gasteiger partial charge in [0.2, 0.25) is 0 Å². The van der Waals surface area contributed by atoms with Crippen molar-refractivity contribution >= 4 is 34.2 Å². The third-order valence-electron chi connectivity index (χ3n) is 6.09. The minimum Gasteiger partial charge on any atom is -0.315 e. The van der Waals surface area contributed by atoms with Gasteiger partial charge in [-0.2, -0.15) is 13.2 Å². The number of nitrogens with one attached hydrogen (secondary N) is 1. The molecule has 2 amide bonds. The van der Waals surface area contributed by atoms with Crippen molar-refractivity contribution in [2.75, 3.05) is 11.9 Å². The van der Waals surface area contributed by atoms with E-state index in [0.717, 1.165) is 18.2 Å². The second kappa shape index (κ2) is 10.8. The average molecular weight is 547 g/mol. The van der Waals surface area contributed by atoms with E-state index in [2.05, 4.69) is 5.32 Å². The van der Waals surface area contributed by atoms with Crippen LogP contribution in [0.4, 0.5) is 28.0 Å². The van der Waals surface area contributed by atoms with E-state index in [0.29, 0.717) is 17.3 Å². The third-order valence-corrected chi connectivity index (χ3v) is 6.38. The molecule has 0 saturated carbocycles. The van der Waals surface area contributed by atoms with Gasteiger partial charge in [0.25, 0.3) is 5.56 Å². The molecule has 198 valence electrons. The van der Waals surface area contributed by atoms with E-state index in [4.69, 9.17) is 16.6 Å². The maximum Gasteiger partial charge on any atom is 0.416 e. The van der Waals surface area contributed by atoms with Crippen LogP contribution in [0.5, 0.6) is 0 Å². The SMILES string of the molecule is CCC(c1nc2ccccc2c(=O)n1-c1ccc(F)c(Cl)c1)N(CC)C(=O)Nc1ccc(C(F)(F)F)cc1. The number of aromatic nitrogens is 2. The number of carbonyl (C=O) groups is 1. The van der Waals surface area contributed by atoms with Crippen molar-refractivity contribution in [2.24, 2.45) is 0 Å². The Bertz CT molecular complexity index is 1540. The molecule has 3 aromatic carbocycles. The van der Waals surface area contributed by atoms with E-state index < -0.39 is 35.2 Å². The Balaban J connectivity index is 1.79. The smallest absolute Gasteiger partial charge is 0.315 e. The molecule has 1 N–H and O–H groups in total. The molecular weight excluding hydrogens is 524 g/mol. The molecule has 0 saturated heterocycles. The molecule has 0 spiro atoms. The van der Waals surface area contributed by atoms with Crippen molar-refractivity contribution in [3.05, 3.63) is 99.3 Å². The van der Waals surface area contributed by atoms with E-state index in [1.165, 1.54) is 33.7 Å². The summed E-state index contributed by atoms with van der Waals surface area (Å²) in [6.45, 7) is 3.73. The van der Waals surface area contributed by atoms with E-state index >= 15 is 0 Å². The Labute approximate surface area is 220 Å². The number of amides is 2. The molecule has 38 heavy (non-hydrogen) atoms. The standard InChI is InChI=1S/C27H23ClF4N4O2/c1-3-23(35(4-2)26(38)33-17-11-9-16(10-12-17)27(30,31)32)24-34-22-8-6-5-7-19(22)25(37)36(24)18-13-14-21(29)20(28)15-18/h5-15,23H,3-4H2,1-2H3,(H,33,38). The molecule has 1 aromatic heterocycles. The molecule has 11 heteroatoms. The summed E-state index contributed by atoms with van der Waals surface area (Å²) in [5.41, 5.74) is -0.407. The van der Waals surface area contributed by atoms with Gasteiger partial charge in [0.05, 0.1) is 33.2 Å². The average Bonchev–Trinajstić information content (AvgIpc) is 2.88. The van der Waals surface area contributed by atoms with Gasteiger partial charge in [-0.25, -0.2) is 14.2 Å². The van der Waals surface area contributed by atoms with Crippen LogP contribution in [-0.4, -0.2) is 27.0 Å². The Morgan fingerprint density at radius 3 is 2.37 bits per heavy atom. The van der Waals surface area contributed by atoms with Gasteiger partial charge in [-0.15, -0.1) is 0 Å². The quantitative estimate of drug-likeness (QED) is 0.260. The van der Waals surface area contributed by atoms with E-state index in [-0.39, 0.29) is 28.8 Å². The topological polar surface area (TPSA) is 67.2 Å². The molecule has 0 radical (unpaired) electrons. The number of nitrogens with zero attached hydrogens (tertiary/aromatic N) is 3. The lowest BCUT2D eigenvalue weighted by Gasteiger charge is -2.31. The van der Waals surface area contributed by atoms with Gasteiger partial charge in [0.1, 0.15) is 11.6 Å². The molecule has 0 aliphatic rings. The number of benzene rings is 3. The molecule has 6 nitrogen and oxygen atoms in total. The maximum absolute atomic E-state index is 13.9. The Hall–Kier alpha value is -3.92. The number of anilines is 1. The summed E-state index contributed by atoms with van der Waals surface area (Å²) in [4.78, 5) is 33.1. The van der Waals surface area contributed by atoms with Crippen molar-refractivity contribution in [3.8, 4) is 5.69 Å². The first-order chi connectivity index (χ1) is 18.0. The first-order valence-electron chi connectivity index (χ1n) is 11.8. The molecule has 4 rings (SSSR count). The van der Waals surface area contributed by atoms with Crippen LogP contribution in [0.25, 0.3) is 16.6 Å². The van der Waals surface area contributed by atoms with Crippen LogP contribution in [0, 0.1) is 5.82 Å². The van der Waals surface area contributed by atoms with Gasteiger partial charge in [0, 0.05) is 12.2 Å². The van der Waals surface area contributed by atoms with Gasteiger partial charge in [-0.3, -0.25) is 9.36 Å². The number of urea groups is 1. The molecule has 0 bridgehead atoms. The van der Waals surface area contributed by atoms with Crippen molar-refractivity contribution in [1.29, 1.82) is 0 Å². The van der Waals surface area contributed by atoms with Crippen molar-refractivity contribution in [2.45, 2.75) is 32.5 Å². The zero-order valence-corrected chi connectivity index (χ0v) is 21.1. The van der Waals surface area contributed by atoms with Crippen LogP contribution >= 0.6 is 11.6 Å². The van der Waals surface area contributed by atoms with Crippen LogP contribution in [0.2, 0.25) is 5.02 Å². The van der Waals surface area contributed by atoms with E-state index in [9.17, 15) is 27.2 Å². The highest BCUT2D eigenvalue weighted by atomic mass is 35.5. The summed E-state index contributed by atoms with van der Waals surface area (Å²) >= 11 is 6.01. The molecule has 0 aliphatic heterocycles. The fourth-order valence-corrected chi connectivity index (χ4v) is 4.41. The molecular formula is C27H23ClF4N4O2. The lowest BCUT2D eigenvalue weighted by Crippen LogP contribution is -2.40. The van der Waals surface area contributed by atoms with E-state index in [1.54, 1.807) is 31.2 Å². The highest BCUT2D eigenvalue weighted by molar-refractivity contribution is 6.30. The third kappa shape index (κ3) is 5.35. The molecule has 4 aromatic rings. The predicted octanol–water partition coefficient (Wildman–Crippen LogP) is 7.20. The van der Waals surface area contributed by atoms with Gasteiger partial charge >= 0.3 is 12.2 Å². The summed E-state index contributed by atoms with van der Waals surface area (Å²) in [5.74, 6) is -0.430. The normalized spacial score (nSPS) is 12.4. The van der Waals surface area contributed by atoms with Crippen LogP contribution in [0.15, 0.2) is 71.5 Å². The maximum atomic E-state index is 13.9. The molecule has 0 fully saturated rings. The molecule has 1 heterocycles. The van der Waals surface area contributed by atoms with Gasteiger partial charge in [-0.1, -0.05) is 30.7 Å². The lowest BCUT2D eigenvalue weighted by molar-refractivity contribution is -0.137. The zero-order valence-electron chi connectivity index (χ0n) is 20.4. The molecule has 0 aliphatic carbocycles. The van der Waals surface area contributed by atoms with Gasteiger partial charge in [0.15, 0.2) is 0 Å². The van der Waals surface area contributed by atoms with Crippen LogP contribution < -0.4 is 10.9 Å². The number of carbonyl (C=O) groups excluding carboxylic acids is 1. The Kier molecular flexibility index (Phi) is 7.73. The number of alkyl halides is 3. The van der Waals surface area contributed by atoms with Crippen LogP contribution in [0.1, 0.15) is 37.7 Å². The summed E-state index contributed by atoms with van der Waals surface area (Å²) < 4.78 is 54.0. The minimum atomic E-state index is -4.50. The fourth-order valence-electron chi connectivity index (χ4n) is 4.23. The Morgan fingerprint density at radius 1 is 1.08 bits per heavy atom. The predicted molar refractivity (Wildman–Crippen MR) is 138 cm³/mol. The first-order valence-corrected chi connectivity index (χ1v) is 12.1. The number of halogens is 5. The first kappa shape index (κ1) is 27.1. The highest BCUT2D eigenvalue weighted by Gasteiger charge is 2.31. The second-order valence-corrected chi connectivity index (χ2v) is 8.85. The Morgan fingerprint density at radius 2 is 1.76 bits per heavy atom. The largest absolute Gasteiger partial charge is 0.416 e. The number of hydrogen-bond acceptors (Lipinski definition) is 3. The van der Waals surface area contributed by atoms with Gasteiger partial charge in [-0.05, 0) is 67.9 Å². The zero-order chi connectivity index (χ0) is 27.6. The monoisotopic (exact) mass is 546 g/mol. The second-order valence-electron chi connectivity index (χ2n) is 8.44. The fraction of sp³-hybridized carbons (Fsp3) is 0.222. The van der Waals surface area contributed by atoms with Gasteiger partial charge < -0.3 is 10.2 Å². The molecule has 1 unspecified atom stereocenters. The number of para-hydroxylation sites is 1. The number of hydrogen-bond donors (Lipinski definition) is 1. The lowest BCUT2D eigenvalue weighted by atomic mass is 10.1. The van der Waals surface area contributed by atoms with Crippen molar-refractivity contribution in [1.82, 2.24) is 14.5 Å². The summed E-state index contributed by atoms with van der Waals surface area (Å²) in [6.07, 6.45) is -4.16. The van der Waals surface area contributed by atoms with Crippen molar-refractivity contribution < 1.29 is 22.4 Å². The minimum absolute atomic E-state index is 0.172. The summed E-state index contributed by atoms with van der Waals surface area (Å²) in [5, 5.41) is 2.75. The van der Waals surface area contributed by atoms with Crippen LogP contribution in [-0.2, 0) is 6.18 Å². The molecule has 1 atom stereocenters. The summed E-state index contributed by atoms with van der Waals surface area (Å²) in [7, 11) is 0. The van der Waals surface area contributed by atoms with Crippen LogP contribution in [0.3, 0.4) is 0 Å². The number of rotatable bonds is 6. The summed E-state index contributed by atoms with van der Waals surface area (Å²) in [6, 6.07) is 13.3. The van der Waals surface area contributed by atoms with Crippen molar-refractivity contribution in [3.63, 3.8) is 0 Å².